The van der Waals surface area contributed by atoms with E-state index in [-0.39, 0.29) is 11.6 Å². The lowest BCUT2D eigenvalue weighted by Crippen LogP contribution is -1.98. The molecule has 1 rings (SSSR count). The van der Waals surface area contributed by atoms with Crippen LogP contribution in [0.15, 0.2) is 24.3 Å². The van der Waals surface area contributed by atoms with Crippen molar-refractivity contribution in [3.05, 3.63) is 35.6 Å². The second kappa shape index (κ2) is 4.87. The number of carboxylic acids is 1. The van der Waals surface area contributed by atoms with E-state index >= 15 is 0 Å². The number of hydrogen-bond donors (Lipinski definition) is 1. The predicted octanol–water partition coefficient (Wildman–Crippen LogP) is 2.14. The molecule has 0 aliphatic carbocycles. The molecular formula is C9H9FO2S. The Morgan fingerprint density at radius 3 is 2.92 bits per heavy atom. The Morgan fingerprint density at radius 2 is 2.31 bits per heavy atom. The van der Waals surface area contributed by atoms with Gasteiger partial charge in [-0.05, 0) is 17.7 Å². The highest BCUT2D eigenvalue weighted by molar-refractivity contribution is 7.99. The molecular weight excluding hydrogens is 191 g/mol. The van der Waals surface area contributed by atoms with Gasteiger partial charge in [-0.3, -0.25) is 4.79 Å². The molecule has 0 radical (unpaired) electrons. The van der Waals surface area contributed by atoms with Crippen LogP contribution in [0.3, 0.4) is 0 Å². The summed E-state index contributed by atoms with van der Waals surface area (Å²) >= 11 is 1.26. The van der Waals surface area contributed by atoms with Gasteiger partial charge in [0.05, 0.1) is 5.75 Å². The topological polar surface area (TPSA) is 37.3 Å². The van der Waals surface area contributed by atoms with E-state index in [9.17, 15) is 9.18 Å². The van der Waals surface area contributed by atoms with Crippen LogP contribution in [-0.2, 0) is 10.5 Å². The van der Waals surface area contributed by atoms with E-state index in [4.69, 9.17) is 5.11 Å². The van der Waals surface area contributed by atoms with Crippen molar-refractivity contribution in [1.29, 1.82) is 0 Å². The standard InChI is InChI=1S/C9H9FO2S/c10-8-3-1-2-7(4-8)5-13-6-9(11)12/h1-4H,5-6H2,(H,11,12). The molecule has 4 heteroatoms. The Balaban J connectivity index is 2.41. The first-order chi connectivity index (χ1) is 6.18. The summed E-state index contributed by atoms with van der Waals surface area (Å²) in [6, 6.07) is 6.17. The average Bonchev–Trinajstić information content (AvgIpc) is 2.03. The lowest BCUT2D eigenvalue weighted by Gasteiger charge is -1.98. The molecule has 1 N–H and O–H groups in total. The van der Waals surface area contributed by atoms with Gasteiger partial charge in [0.15, 0.2) is 0 Å². The maximum absolute atomic E-state index is 12.6. The minimum Gasteiger partial charge on any atom is -0.481 e. The minimum atomic E-state index is -0.846. The van der Waals surface area contributed by atoms with Crippen molar-refractivity contribution < 1.29 is 14.3 Å². The molecule has 1 aromatic rings. The van der Waals surface area contributed by atoms with Crippen molar-refractivity contribution in [3.63, 3.8) is 0 Å². The smallest absolute Gasteiger partial charge is 0.313 e. The Labute approximate surface area is 79.8 Å². The predicted molar refractivity (Wildman–Crippen MR) is 50.2 cm³/mol. The zero-order valence-corrected chi connectivity index (χ0v) is 7.68. The molecule has 0 saturated heterocycles. The van der Waals surface area contributed by atoms with Crippen LogP contribution in [-0.4, -0.2) is 16.8 Å². The molecule has 13 heavy (non-hydrogen) atoms. The fourth-order valence-electron chi connectivity index (χ4n) is 0.883. The largest absolute Gasteiger partial charge is 0.481 e. The number of carbonyl (C=O) groups is 1. The Bertz CT molecular complexity index is 301. The second-order valence-corrected chi connectivity index (χ2v) is 3.50. The van der Waals surface area contributed by atoms with E-state index in [1.54, 1.807) is 12.1 Å². The van der Waals surface area contributed by atoms with Crippen molar-refractivity contribution in [2.75, 3.05) is 5.75 Å². The number of rotatable bonds is 4. The Kier molecular flexibility index (Phi) is 3.76. The molecule has 0 unspecified atom stereocenters. The third kappa shape index (κ3) is 3.94. The van der Waals surface area contributed by atoms with Crippen molar-refractivity contribution in [3.8, 4) is 0 Å². The first-order valence-corrected chi connectivity index (χ1v) is 4.88. The summed E-state index contributed by atoms with van der Waals surface area (Å²) in [5, 5.41) is 8.35. The number of halogens is 1. The molecule has 2 nitrogen and oxygen atoms in total. The molecule has 0 spiro atoms. The van der Waals surface area contributed by atoms with Gasteiger partial charge in [0, 0.05) is 5.75 Å². The van der Waals surface area contributed by atoms with E-state index in [1.807, 2.05) is 0 Å². The second-order valence-electron chi connectivity index (χ2n) is 2.52. The highest BCUT2D eigenvalue weighted by atomic mass is 32.2. The summed E-state index contributed by atoms with van der Waals surface area (Å²) in [4.78, 5) is 10.2. The molecule has 70 valence electrons. The quantitative estimate of drug-likeness (QED) is 0.809. The van der Waals surface area contributed by atoms with Crippen molar-refractivity contribution in [1.82, 2.24) is 0 Å². The fraction of sp³-hybridized carbons (Fsp3) is 0.222. The number of thioether (sulfide) groups is 1. The van der Waals surface area contributed by atoms with E-state index in [1.165, 1.54) is 23.9 Å². The van der Waals surface area contributed by atoms with Gasteiger partial charge in [0.2, 0.25) is 0 Å². The van der Waals surface area contributed by atoms with Crippen molar-refractivity contribution in [2.45, 2.75) is 5.75 Å². The van der Waals surface area contributed by atoms with Crippen LogP contribution < -0.4 is 0 Å². The van der Waals surface area contributed by atoms with Gasteiger partial charge >= 0.3 is 5.97 Å². The SMILES string of the molecule is O=C(O)CSCc1cccc(F)c1. The minimum absolute atomic E-state index is 0.0521. The van der Waals surface area contributed by atoms with Gasteiger partial charge in [0.1, 0.15) is 5.82 Å². The van der Waals surface area contributed by atoms with E-state index in [2.05, 4.69) is 0 Å². The van der Waals surface area contributed by atoms with Gasteiger partial charge in [-0.15, -0.1) is 11.8 Å². The molecule has 0 fully saturated rings. The Morgan fingerprint density at radius 1 is 1.54 bits per heavy atom. The normalized spacial score (nSPS) is 9.92. The molecule has 1 aromatic carbocycles. The van der Waals surface area contributed by atoms with Crippen LogP contribution in [0.25, 0.3) is 0 Å². The maximum atomic E-state index is 12.6. The molecule has 0 aromatic heterocycles. The third-order valence-corrected chi connectivity index (χ3v) is 2.37. The van der Waals surface area contributed by atoms with Crippen molar-refractivity contribution in [2.24, 2.45) is 0 Å². The van der Waals surface area contributed by atoms with Gasteiger partial charge < -0.3 is 5.11 Å². The fourth-order valence-corrected chi connectivity index (χ4v) is 1.57. The average molecular weight is 200 g/mol. The summed E-state index contributed by atoms with van der Waals surface area (Å²) in [5.41, 5.74) is 0.811. The maximum Gasteiger partial charge on any atom is 0.313 e. The first-order valence-electron chi connectivity index (χ1n) is 3.72. The van der Waals surface area contributed by atoms with E-state index in [0.717, 1.165) is 5.56 Å². The molecule has 0 aliphatic heterocycles. The molecule has 0 amide bonds. The van der Waals surface area contributed by atoms with Crippen molar-refractivity contribution >= 4 is 17.7 Å². The van der Waals surface area contributed by atoms with Gasteiger partial charge in [0.25, 0.3) is 0 Å². The Hall–Kier alpha value is -1.03. The van der Waals surface area contributed by atoms with Crippen LogP contribution in [0.2, 0.25) is 0 Å². The van der Waals surface area contributed by atoms with Gasteiger partial charge in [-0.25, -0.2) is 4.39 Å². The molecule has 0 heterocycles. The number of hydrogen-bond acceptors (Lipinski definition) is 2. The van der Waals surface area contributed by atoms with Crippen LogP contribution in [0.1, 0.15) is 5.56 Å². The van der Waals surface area contributed by atoms with Crippen LogP contribution in [0, 0.1) is 5.82 Å². The lowest BCUT2D eigenvalue weighted by molar-refractivity contribution is -0.133. The monoisotopic (exact) mass is 200 g/mol. The molecule has 0 bridgehead atoms. The van der Waals surface area contributed by atoms with Crippen LogP contribution in [0.4, 0.5) is 4.39 Å². The number of carboxylic acid groups (broad SMARTS) is 1. The van der Waals surface area contributed by atoms with E-state index < -0.39 is 5.97 Å². The van der Waals surface area contributed by atoms with Crippen LogP contribution >= 0.6 is 11.8 Å². The van der Waals surface area contributed by atoms with E-state index in [0.29, 0.717) is 5.75 Å². The van der Waals surface area contributed by atoms with Gasteiger partial charge in [-0.1, -0.05) is 12.1 Å². The zero-order valence-electron chi connectivity index (χ0n) is 6.87. The number of benzene rings is 1. The molecule has 0 aliphatic rings. The summed E-state index contributed by atoms with van der Waals surface area (Å²) in [5.74, 6) is -0.546. The number of aliphatic carboxylic acids is 1. The lowest BCUT2D eigenvalue weighted by atomic mass is 10.2. The molecule has 0 saturated carbocycles. The zero-order chi connectivity index (χ0) is 9.68. The third-order valence-electron chi connectivity index (χ3n) is 1.38. The highest BCUT2D eigenvalue weighted by Crippen LogP contribution is 2.12. The highest BCUT2D eigenvalue weighted by Gasteiger charge is 1.98. The summed E-state index contributed by atoms with van der Waals surface area (Å²) < 4.78 is 12.6. The summed E-state index contributed by atoms with van der Waals surface area (Å²) in [6.07, 6.45) is 0. The van der Waals surface area contributed by atoms with Gasteiger partial charge in [-0.2, -0.15) is 0 Å². The first kappa shape index (κ1) is 10.1. The summed E-state index contributed by atoms with van der Waals surface area (Å²) in [6.45, 7) is 0. The molecule has 0 atom stereocenters. The summed E-state index contributed by atoms with van der Waals surface area (Å²) in [7, 11) is 0. The van der Waals surface area contributed by atoms with Crippen LogP contribution in [0.5, 0.6) is 0 Å².